The van der Waals surface area contributed by atoms with E-state index >= 15 is 0 Å². The molecule has 4 heterocycles. The van der Waals surface area contributed by atoms with Gasteiger partial charge in [-0.15, -0.1) is 0 Å². The highest BCUT2D eigenvalue weighted by molar-refractivity contribution is 7.91. The number of H-pyrrole nitrogens is 1. The number of rotatable bonds is 5. The van der Waals surface area contributed by atoms with Crippen LogP contribution in [0.1, 0.15) is 18.5 Å². The van der Waals surface area contributed by atoms with E-state index < -0.39 is 24.9 Å². The molecule has 164 valence electrons. The molecule has 2 saturated heterocycles. The first-order chi connectivity index (χ1) is 14.2. The molecule has 0 aromatic carbocycles. The Hall–Kier alpha value is -1.80. The van der Waals surface area contributed by atoms with E-state index in [1.165, 1.54) is 14.8 Å². The van der Waals surface area contributed by atoms with Crippen LogP contribution < -0.4 is 9.77 Å². The fourth-order valence-corrected chi connectivity index (χ4v) is 8.02. The fourth-order valence-electron chi connectivity index (χ4n) is 3.70. The van der Waals surface area contributed by atoms with Crippen molar-refractivity contribution in [1.29, 1.82) is 0 Å². The Labute approximate surface area is 179 Å². The summed E-state index contributed by atoms with van der Waals surface area (Å²) < 4.78 is 53.8. The number of aryl methyl sites for hydroxylation is 1. The molecule has 2 aromatic rings. The summed E-state index contributed by atoms with van der Waals surface area (Å²) in [7, 11) is -7.23. The fraction of sp³-hybridized carbons (Fsp3) is 0.529. The number of pyridine rings is 1. The van der Waals surface area contributed by atoms with Crippen molar-refractivity contribution in [2.24, 2.45) is 0 Å². The van der Waals surface area contributed by atoms with E-state index in [9.17, 15) is 21.6 Å². The first-order valence-corrected chi connectivity index (χ1v) is 13.3. The summed E-state index contributed by atoms with van der Waals surface area (Å²) in [5, 5.41) is 0. The lowest BCUT2D eigenvalue weighted by molar-refractivity contribution is 0.384. The van der Waals surface area contributed by atoms with Gasteiger partial charge in [-0.05, 0) is 31.9 Å². The molecule has 0 aliphatic carbocycles. The molecule has 0 atom stereocenters. The van der Waals surface area contributed by atoms with Crippen molar-refractivity contribution in [3.8, 4) is 0 Å². The molecule has 0 unspecified atom stereocenters. The molecule has 0 spiro atoms. The summed E-state index contributed by atoms with van der Waals surface area (Å²) in [4.78, 5) is 20.0. The summed E-state index contributed by atoms with van der Waals surface area (Å²) >= 11 is 0.699. The standard InChI is InChI=1S/C17H23N5O5S3/c1-13-16(28-17(23)19-13)30(26,27)22-10-8-20(9-11-22)15-5-4-14(12-18-15)29(24,25)21-6-2-3-7-21/h4-5,12H,2-3,6-11H2,1H3,(H,19,23). The summed E-state index contributed by atoms with van der Waals surface area (Å²) in [6, 6.07) is 3.22. The monoisotopic (exact) mass is 473 g/mol. The molecule has 2 fully saturated rings. The van der Waals surface area contributed by atoms with Crippen LogP contribution in [0, 0.1) is 6.92 Å². The molecule has 10 nitrogen and oxygen atoms in total. The third-order valence-corrected chi connectivity index (χ3v) is 10.7. The number of thiazole rings is 1. The van der Waals surface area contributed by atoms with Gasteiger partial charge in [0.15, 0.2) is 4.21 Å². The van der Waals surface area contributed by atoms with Crippen LogP contribution in [0.3, 0.4) is 0 Å². The van der Waals surface area contributed by atoms with Gasteiger partial charge in [-0.25, -0.2) is 21.8 Å². The van der Waals surface area contributed by atoms with Gasteiger partial charge in [-0.2, -0.15) is 8.61 Å². The van der Waals surface area contributed by atoms with E-state index in [1.807, 2.05) is 4.90 Å². The molecule has 13 heteroatoms. The van der Waals surface area contributed by atoms with E-state index in [1.54, 1.807) is 19.1 Å². The second-order valence-electron chi connectivity index (χ2n) is 7.28. The van der Waals surface area contributed by atoms with Crippen LogP contribution in [-0.2, 0) is 20.0 Å². The lowest BCUT2D eigenvalue weighted by Crippen LogP contribution is -2.48. The zero-order valence-corrected chi connectivity index (χ0v) is 18.9. The van der Waals surface area contributed by atoms with E-state index in [-0.39, 0.29) is 22.2 Å². The topological polar surface area (TPSA) is 124 Å². The second kappa shape index (κ2) is 8.04. The minimum Gasteiger partial charge on any atom is -0.354 e. The van der Waals surface area contributed by atoms with Crippen LogP contribution in [0.25, 0.3) is 0 Å². The van der Waals surface area contributed by atoms with Crippen molar-refractivity contribution in [3.05, 3.63) is 33.7 Å². The molecule has 0 bridgehead atoms. The minimum atomic E-state index is -3.72. The first-order valence-electron chi connectivity index (χ1n) is 9.60. The number of hydrogen-bond acceptors (Lipinski definition) is 8. The number of anilines is 1. The van der Waals surface area contributed by atoms with Crippen LogP contribution >= 0.6 is 11.3 Å². The van der Waals surface area contributed by atoms with E-state index in [0.29, 0.717) is 49.0 Å². The first kappa shape index (κ1) is 21.4. The molecule has 2 aliphatic rings. The summed E-state index contributed by atoms with van der Waals surface area (Å²) in [5.41, 5.74) is 0.351. The molecule has 4 rings (SSSR count). The van der Waals surface area contributed by atoms with Gasteiger partial charge in [-0.1, -0.05) is 11.3 Å². The third kappa shape index (κ3) is 3.91. The molecule has 1 N–H and O–H groups in total. The maximum Gasteiger partial charge on any atom is 0.305 e. The highest BCUT2D eigenvalue weighted by Crippen LogP contribution is 2.25. The van der Waals surface area contributed by atoms with Gasteiger partial charge in [0.05, 0.1) is 0 Å². The lowest BCUT2D eigenvalue weighted by Gasteiger charge is -2.34. The predicted octanol–water partition coefficient (Wildman–Crippen LogP) is 0.435. The average Bonchev–Trinajstić information content (AvgIpc) is 3.38. The van der Waals surface area contributed by atoms with Gasteiger partial charge in [0.2, 0.25) is 10.0 Å². The highest BCUT2D eigenvalue weighted by atomic mass is 32.2. The maximum absolute atomic E-state index is 12.8. The number of nitrogens with zero attached hydrogens (tertiary/aromatic N) is 4. The Morgan fingerprint density at radius 3 is 2.10 bits per heavy atom. The number of nitrogens with one attached hydrogen (secondary N) is 1. The smallest absolute Gasteiger partial charge is 0.305 e. The summed E-state index contributed by atoms with van der Waals surface area (Å²) in [5.74, 6) is 0.606. The minimum absolute atomic E-state index is 0.0514. The van der Waals surface area contributed by atoms with Crippen LogP contribution in [0.5, 0.6) is 0 Å². The van der Waals surface area contributed by atoms with Gasteiger partial charge in [0.25, 0.3) is 10.0 Å². The van der Waals surface area contributed by atoms with E-state index in [0.717, 1.165) is 12.8 Å². The normalized spacial score (nSPS) is 19.4. The van der Waals surface area contributed by atoms with E-state index in [4.69, 9.17) is 0 Å². The van der Waals surface area contributed by atoms with Gasteiger partial charge >= 0.3 is 4.87 Å². The lowest BCUT2D eigenvalue weighted by atomic mass is 10.3. The number of aromatic nitrogens is 2. The van der Waals surface area contributed by atoms with Gasteiger partial charge in [0, 0.05) is 51.2 Å². The zero-order chi connectivity index (χ0) is 21.5. The quantitative estimate of drug-likeness (QED) is 0.668. The Balaban J connectivity index is 1.44. The SMILES string of the molecule is Cc1[nH]c(=O)sc1S(=O)(=O)N1CCN(c2ccc(S(=O)(=O)N3CCCC3)cn2)CC1. The van der Waals surface area contributed by atoms with Gasteiger partial charge in [-0.3, -0.25) is 4.79 Å². The number of aromatic amines is 1. The number of piperazine rings is 1. The van der Waals surface area contributed by atoms with Crippen molar-refractivity contribution in [3.63, 3.8) is 0 Å². The van der Waals surface area contributed by atoms with E-state index in [2.05, 4.69) is 9.97 Å². The van der Waals surface area contributed by atoms with Gasteiger partial charge < -0.3 is 9.88 Å². The van der Waals surface area contributed by atoms with Crippen LogP contribution in [-0.4, -0.2) is 74.7 Å². The molecule has 2 aromatic heterocycles. The van der Waals surface area contributed by atoms with Crippen molar-refractivity contribution in [2.75, 3.05) is 44.2 Å². The zero-order valence-electron chi connectivity index (χ0n) is 16.4. The highest BCUT2D eigenvalue weighted by Gasteiger charge is 2.32. The molecular weight excluding hydrogens is 450 g/mol. The molecule has 0 amide bonds. The van der Waals surface area contributed by atoms with Crippen molar-refractivity contribution >= 4 is 37.2 Å². The third-order valence-electron chi connectivity index (χ3n) is 5.34. The Bertz CT molecular complexity index is 1170. The molecular formula is C17H23N5O5S3. The summed E-state index contributed by atoms with van der Waals surface area (Å²) in [6.07, 6.45) is 3.11. The van der Waals surface area contributed by atoms with Gasteiger partial charge in [0.1, 0.15) is 10.7 Å². The van der Waals surface area contributed by atoms with Crippen LogP contribution in [0.15, 0.2) is 32.2 Å². The Morgan fingerprint density at radius 1 is 0.933 bits per heavy atom. The maximum atomic E-state index is 12.8. The molecule has 0 radical (unpaired) electrons. The van der Waals surface area contributed by atoms with Crippen LogP contribution in [0.2, 0.25) is 0 Å². The average molecular weight is 474 g/mol. The number of hydrogen-bond donors (Lipinski definition) is 1. The van der Waals surface area contributed by atoms with Crippen molar-refractivity contribution < 1.29 is 16.8 Å². The molecule has 0 saturated carbocycles. The predicted molar refractivity (Wildman–Crippen MR) is 113 cm³/mol. The molecule has 30 heavy (non-hydrogen) atoms. The Morgan fingerprint density at radius 2 is 1.57 bits per heavy atom. The number of sulfonamides is 2. The van der Waals surface area contributed by atoms with Crippen molar-refractivity contribution in [2.45, 2.75) is 28.9 Å². The Kier molecular flexibility index (Phi) is 5.74. The summed E-state index contributed by atoms with van der Waals surface area (Å²) in [6.45, 7) is 3.99. The molecule has 2 aliphatic heterocycles. The largest absolute Gasteiger partial charge is 0.354 e. The van der Waals surface area contributed by atoms with Crippen LogP contribution in [0.4, 0.5) is 5.82 Å². The van der Waals surface area contributed by atoms with Crippen molar-refractivity contribution in [1.82, 2.24) is 18.6 Å². The second-order valence-corrected chi connectivity index (χ2v) is 12.3.